The van der Waals surface area contributed by atoms with Crippen molar-refractivity contribution in [1.29, 1.82) is 0 Å². The fraction of sp³-hybridized carbons (Fsp3) is 0.364. The molecule has 0 heterocycles. The first-order valence-electron chi connectivity index (χ1n) is 5.24. The van der Waals surface area contributed by atoms with Crippen LogP contribution in [0.5, 0.6) is 5.75 Å². The van der Waals surface area contributed by atoms with Crippen LogP contribution in [0.1, 0.15) is 6.92 Å². The molecular formula is C11H11BrF3NO3. The van der Waals surface area contributed by atoms with E-state index in [1.807, 2.05) is 0 Å². The summed E-state index contributed by atoms with van der Waals surface area (Å²) in [4.78, 5) is 11.4. The largest absolute Gasteiger partial charge is 0.573 e. The van der Waals surface area contributed by atoms with Crippen molar-refractivity contribution in [2.75, 3.05) is 18.5 Å². The van der Waals surface area contributed by atoms with Crippen LogP contribution in [0.3, 0.4) is 0 Å². The number of halogens is 4. The molecule has 0 spiro atoms. The Morgan fingerprint density at radius 3 is 2.68 bits per heavy atom. The summed E-state index contributed by atoms with van der Waals surface area (Å²) in [6.45, 7) is 1.79. The van der Waals surface area contributed by atoms with Crippen LogP contribution < -0.4 is 10.1 Å². The van der Waals surface area contributed by atoms with Crippen LogP contribution in [0.25, 0.3) is 0 Å². The van der Waals surface area contributed by atoms with E-state index in [-0.39, 0.29) is 12.3 Å². The molecule has 0 bridgehead atoms. The summed E-state index contributed by atoms with van der Waals surface area (Å²) in [5.74, 6) is -1.05. The molecule has 0 aliphatic carbocycles. The molecule has 106 valence electrons. The Morgan fingerprint density at radius 2 is 2.11 bits per heavy atom. The Hall–Kier alpha value is -1.28. The van der Waals surface area contributed by atoms with Gasteiger partial charge in [-0.05, 0) is 25.1 Å². The maximum Gasteiger partial charge on any atom is 0.573 e. The predicted octanol–water partition coefficient (Wildman–Crippen LogP) is 3.32. The van der Waals surface area contributed by atoms with E-state index in [0.717, 1.165) is 6.07 Å². The Bertz CT molecular complexity index is 451. The number of nitrogens with one attached hydrogen (secondary N) is 1. The summed E-state index contributed by atoms with van der Waals surface area (Å²) in [5.41, 5.74) is -0.0785. The second-order valence-electron chi connectivity index (χ2n) is 3.37. The summed E-state index contributed by atoms with van der Waals surface area (Å²) >= 11 is 3.03. The average molecular weight is 342 g/mol. The molecule has 4 nitrogen and oxygen atoms in total. The van der Waals surface area contributed by atoms with Gasteiger partial charge in [0, 0.05) is 11.1 Å². The van der Waals surface area contributed by atoms with Gasteiger partial charge in [-0.3, -0.25) is 4.79 Å². The fourth-order valence-corrected chi connectivity index (χ4v) is 1.53. The summed E-state index contributed by atoms with van der Waals surface area (Å²) in [7, 11) is 0. The van der Waals surface area contributed by atoms with Gasteiger partial charge >= 0.3 is 6.36 Å². The number of ether oxygens (including phenoxy) is 2. The molecule has 19 heavy (non-hydrogen) atoms. The summed E-state index contributed by atoms with van der Waals surface area (Å²) in [6, 6.07) is 3.90. The van der Waals surface area contributed by atoms with Crippen molar-refractivity contribution in [1.82, 2.24) is 0 Å². The predicted molar refractivity (Wildman–Crippen MR) is 65.9 cm³/mol. The third-order valence-corrected chi connectivity index (χ3v) is 2.37. The van der Waals surface area contributed by atoms with Gasteiger partial charge < -0.3 is 14.8 Å². The standard InChI is InChI=1S/C11H11BrF3NO3/c1-2-18-6-10(17)16-8-4-3-7(12)5-9(8)19-11(13,14)15/h3-5H,2,6H2,1H3,(H,16,17). The third kappa shape index (κ3) is 5.93. The Morgan fingerprint density at radius 1 is 1.42 bits per heavy atom. The van der Waals surface area contributed by atoms with Crippen molar-refractivity contribution in [3.63, 3.8) is 0 Å². The van der Waals surface area contributed by atoms with Crippen LogP contribution >= 0.6 is 15.9 Å². The fourth-order valence-electron chi connectivity index (χ4n) is 1.19. The van der Waals surface area contributed by atoms with Gasteiger partial charge in [0.25, 0.3) is 0 Å². The molecule has 0 fully saturated rings. The highest BCUT2D eigenvalue weighted by Crippen LogP contribution is 2.32. The van der Waals surface area contributed by atoms with Gasteiger partial charge in [-0.1, -0.05) is 15.9 Å². The van der Waals surface area contributed by atoms with E-state index in [1.54, 1.807) is 6.92 Å². The molecule has 0 radical (unpaired) electrons. The van der Waals surface area contributed by atoms with Crippen LogP contribution in [0.15, 0.2) is 22.7 Å². The highest BCUT2D eigenvalue weighted by atomic mass is 79.9. The smallest absolute Gasteiger partial charge is 0.404 e. The SMILES string of the molecule is CCOCC(=O)Nc1ccc(Br)cc1OC(F)(F)F. The number of amides is 1. The van der Waals surface area contributed by atoms with E-state index in [4.69, 9.17) is 4.74 Å². The Kier molecular flexibility index (Phi) is 5.61. The zero-order valence-electron chi connectivity index (χ0n) is 9.88. The number of anilines is 1. The van der Waals surface area contributed by atoms with Crippen molar-refractivity contribution in [3.8, 4) is 5.75 Å². The van der Waals surface area contributed by atoms with E-state index >= 15 is 0 Å². The molecule has 0 saturated heterocycles. The van der Waals surface area contributed by atoms with Crippen LogP contribution in [-0.4, -0.2) is 25.5 Å². The number of hydrogen-bond donors (Lipinski definition) is 1. The first-order valence-corrected chi connectivity index (χ1v) is 6.04. The van der Waals surface area contributed by atoms with Gasteiger partial charge in [-0.25, -0.2) is 0 Å². The average Bonchev–Trinajstić information content (AvgIpc) is 2.28. The second kappa shape index (κ2) is 6.76. The lowest BCUT2D eigenvalue weighted by Crippen LogP contribution is -2.21. The Balaban J connectivity index is 2.84. The topological polar surface area (TPSA) is 47.6 Å². The van der Waals surface area contributed by atoms with E-state index in [9.17, 15) is 18.0 Å². The molecular weight excluding hydrogens is 331 g/mol. The molecule has 0 aliphatic heterocycles. The van der Waals surface area contributed by atoms with Gasteiger partial charge in [0.2, 0.25) is 5.91 Å². The lowest BCUT2D eigenvalue weighted by Gasteiger charge is -2.14. The summed E-state index contributed by atoms with van der Waals surface area (Å²) < 4.78 is 45.7. The van der Waals surface area contributed by atoms with Gasteiger partial charge in [0.15, 0.2) is 5.75 Å². The quantitative estimate of drug-likeness (QED) is 0.893. The van der Waals surface area contributed by atoms with Crippen LogP contribution in [0.2, 0.25) is 0 Å². The first kappa shape index (κ1) is 15.8. The molecule has 1 rings (SSSR count). The maximum absolute atomic E-state index is 12.2. The van der Waals surface area contributed by atoms with Gasteiger partial charge in [-0.15, -0.1) is 13.2 Å². The van der Waals surface area contributed by atoms with Crippen LogP contribution in [0.4, 0.5) is 18.9 Å². The minimum absolute atomic E-state index is 0.0785. The van der Waals surface area contributed by atoms with Gasteiger partial charge in [-0.2, -0.15) is 0 Å². The molecule has 1 amide bonds. The summed E-state index contributed by atoms with van der Waals surface area (Å²) in [5, 5.41) is 2.29. The lowest BCUT2D eigenvalue weighted by molar-refractivity contribution is -0.274. The van der Waals surface area contributed by atoms with E-state index < -0.39 is 18.0 Å². The molecule has 1 aromatic rings. The van der Waals surface area contributed by atoms with E-state index in [1.165, 1.54) is 12.1 Å². The van der Waals surface area contributed by atoms with Crippen molar-refractivity contribution >= 4 is 27.5 Å². The van der Waals surface area contributed by atoms with Crippen LogP contribution in [-0.2, 0) is 9.53 Å². The minimum Gasteiger partial charge on any atom is -0.404 e. The molecule has 1 N–H and O–H groups in total. The lowest BCUT2D eigenvalue weighted by atomic mass is 10.3. The Labute approximate surface area is 116 Å². The van der Waals surface area contributed by atoms with Crippen LogP contribution in [0, 0.1) is 0 Å². The number of rotatable bonds is 5. The molecule has 0 unspecified atom stereocenters. The maximum atomic E-state index is 12.2. The van der Waals surface area contributed by atoms with E-state index in [2.05, 4.69) is 26.0 Å². The summed E-state index contributed by atoms with van der Waals surface area (Å²) in [6.07, 6.45) is -4.83. The van der Waals surface area contributed by atoms with Crippen molar-refractivity contribution in [3.05, 3.63) is 22.7 Å². The van der Waals surface area contributed by atoms with Crippen molar-refractivity contribution < 1.29 is 27.4 Å². The number of alkyl halides is 3. The molecule has 8 heteroatoms. The number of carbonyl (C=O) groups excluding carboxylic acids is 1. The number of benzene rings is 1. The monoisotopic (exact) mass is 341 g/mol. The minimum atomic E-state index is -4.83. The van der Waals surface area contributed by atoms with Crippen molar-refractivity contribution in [2.24, 2.45) is 0 Å². The third-order valence-electron chi connectivity index (χ3n) is 1.88. The molecule has 0 atom stereocenters. The number of hydrogen-bond acceptors (Lipinski definition) is 3. The highest BCUT2D eigenvalue weighted by Gasteiger charge is 2.32. The first-order chi connectivity index (χ1) is 8.81. The number of carbonyl (C=O) groups is 1. The van der Waals surface area contributed by atoms with E-state index in [0.29, 0.717) is 11.1 Å². The zero-order chi connectivity index (χ0) is 14.5. The van der Waals surface area contributed by atoms with Crippen molar-refractivity contribution in [2.45, 2.75) is 13.3 Å². The molecule has 0 aliphatic rings. The normalized spacial score (nSPS) is 11.2. The molecule has 1 aromatic carbocycles. The molecule has 0 aromatic heterocycles. The van der Waals surface area contributed by atoms with Gasteiger partial charge in [0.05, 0.1) is 5.69 Å². The molecule has 0 saturated carbocycles. The second-order valence-corrected chi connectivity index (χ2v) is 4.29. The van der Waals surface area contributed by atoms with Gasteiger partial charge in [0.1, 0.15) is 6.61 Å². The zero-order valence-corrected chi connectivity index (χ0v) is 11.5. The highest BCUT2D eigenvalue weighted by molar-refractivity contribution is 9.10.